The van der Waals surface area contributed by atoms with E-state index in [1.807, 2.05) is 38.1 Å². The van der Waals surface area contributed by atoms with Crippen molar-refractivity contribution in [2.24, 2.45) is 5.92 Å². The molecule has 2 aliphatic rings. The molecule has 0 saturated carbocycles. The first kappa shape index (κ1) is 22.1. The Balaban J connectivity index is 1.99. The van der Waals surface area contributed by atoms with Crippen LogP contribution in [-0.4, -0.2) is 73.6 Å². The van der Waals surface area contributed by atoms with Gasteiger partial charge in [-0.05, 0) is 25.3 Å². The Bertz CT molecular complexity index is 761. The Hall–Kier alpha value is -2.61. The fraction of sp³-hybridized carbons (Fsp3) is 0.591. The van der Waals surface area contributed by atoms with Gasteiger partial charge in [0, 0.05) is 32.7 Å². The van der Waals surface area contributed by atoms with E-state index in [0.717, 1.165) is 30.6 Å². The highest BCUT2D eigenvalue weighted by molar-refractivity contribution is 5.90. The van der Waals surface area contributed by atoms with Gasteiger partial charge in [-0.2, -0.15) is 0 Å². The number of carbonyl (C=O) groups is 3. The van der Waals surface area contributed by atoms with Crippen LogP contribution in [0.25, 0.3) is 0 Å². The van der Waals surface area contributed by atoms with Crippen molar-refractivity contribution in [2.75, 3.05) is 39.8 Å². The van der Waals surface area contributed by atoms with Gasteiger partial charge in [0.15, 0.2) is 0 Å². The van der Waals surface area contributed by atoms with E-state index in [2.05, 4.69) is 10.6 Å². The van der Waals surface area contributed by atoms with Crippen molar-refractivity contribution in [3.8, 4) is 0 Å². The molecule has 30 heavy (non-hydrogen) atoms. The second-order valence-electron chi connectivity index (χ2n) is 7.95. The molecule has 0 aliphatic carbocycles. The maximum Gasteiger partial charge on any atom is 0.318 e. The van der Waals surface area contributed by atoms with Gasteiger partial charge >= 0.3 is 12.0 Å². The van der Waals surface area contributed by atoms with Gasteiger partial charge in [0.1, 0.15) is 6.04 Å². The summed E-state index contributed by atoms with van der Waals surface area (Å²) in [4.78, 5) is 42.6. The summed E-state index contributed by atoms with van der Waals surface area (Å²) in [7, 11) is 1.35. The summed E-state index contributed by atoms with van der Waals surface area (Å²) in [5, 5.41) is 6.14. The summed E-state index contributed by atoms with van der Waals surface area (Å²) in [6.45, 7) is 7.11. The summed E-state index contributed by atoms with van der Waals surface area (Å²) in [6, 6.07) is 6.19. The van der Waals surface area contributed by atoms with Crippen molar-refractivity contribution in [1.82, 2.24) is 20.4 Å². The minimum atomic E-state index is -0.699. The van der Waals surface area contributed by atoms with E-state index in [-0.39, 0.29) is 18.4 Å². The van der Waals surface area contributed by atoms with Crippen LogP contribution in [0.5, 0.6) is 0 Å². The molecule has 2 saturated heterocycles. The second-order valence-corrected chi connectivity index (χ2v) is 7.95. The highest BCUT2D eigenvalue weighted by Crippen LogP contribution is 2.42. The van der Waals surface area contributed by atoms with Crippen molar-refractivity contribution in [3.05, 3.63) is 35.4 Å². The van der Waals surface area contributed by atoms with Crippen molar-refractivity contribution >= 4 is 17.9 Å². The molecule has 8 heteroatoms. The van der Waals surface area contributed by atoms with Crippen LogP contribution in [0, 0.1) is 12.8 Å². The van der Waals surface area contributed by atoms with Gasteiger partial charge in [-0.25, -0.2) is 4.79 Å². The number of hydrogen-bond donors (Lipinski definition) is 2. The quantitative estimate of drug-likeness (QED) is 0.709. The predicted octanol–water partition coefficient (Wildman–Crippen LogP) is 1.45. The maximum absolute atomic E-state index is 13.4. The van der Waals surface area contributed by atoms with E-state index in [1.165, 1.54) is 7.11 Å². The number of hydrogen-bond acceptors (Lipinski definition) is 5. The molecule has 3 unspecified atom stereocenters. The Kier molecular flexibility index (Phi) is 7.31. The number of amides is 3. The van der Waals surface area contributed by atoms with Crippen LogP contribution in [0.2, 0.25) is 0 Å². The Morgan fingerprint density at radius 2 is 1.83 bits per heavy atom. The zero-order chi connectivity index (χ0) is 21.7. The highest BCUT2D eigenvalue weighted by atomic mass is 16.5. The first-order valence-corrected chi connectivity index (χ1v) is 10.7. The number of piperazine rings is 1. The lowest BCUT2D eigenvalue weighted by molar-refractivity contribution is -0.146. The first-order valence-electron chi connectivity index (χ1n) is 10.7. The topological polar surface area (TPSA) is 91.0 Å². The molecule has 0 bridgehead atoms. The van der Waals surface area contributed by atoms with Crippen LogP contribution in [-0.2, 0) is 14.3 Å². The first-order chi connectivity index (χ1) is 14.5. The lowest BCUT2D eigenvalue weighted by atomic mass is 9.92. The summed E-state index contributed by atoms with van der Waals surface area (Å²) < 4.78 is 5.06. The van der Waals surface area contributed by atoms with Gasteiger partial charge in [0.05, 0.1) is 19.1 Å². The van der Waals surface area contributed by atoms with E-state index < -0.39 is 24.0 Å². The minimum Gasteiger partial charge on any atom is -0.469 e. The third-order valence-corrected chi connectivity index (χ3v) is 5.89. The molecule has 0 radical (unpaired) electrons. The molecule has 2 N–H and O–H groups in total. The van der Waals surface area contributed by atoms with Crippen LogP contribution in [0.4, 0.5) is 4.79 Å². The average molecular weight is 417 g/mol. The molecular formula is C22H32N4O4. The normalized spacial score (nSPS) is 23.9. The van der Waals surface area contributed by atoms with E-state index in [0.29, 0.717) is 19.6 Å². The zero-order valence-corrected chi connectivity index (χ0v) is 18.0. The summed E-state index contributed by atoms with van der Waals surface area (Å²) in [5.41, 5.74) is 1.92. The molecule has 164 valence electrons. The lowest BCUT2D eigenvalue weighted by Gasteiger charge is -2.35. The monoisotopic (exact) mass is 416 g/mol. The number of nitrogens with one attached hydrogen (secondary N) is 2. The largest absolute Gasteiger partial charge is 0.469 e. The standard InChI is InChI=1S/C22H32N4O4/c1-4-9-24-22(29)26-18(20(27)25-12-10-23-11-13-25)14-17(21(28)30-3)19(26)16-7-5-15(2)6-8-16/h5-8,17-19,23H,4,9-14H2,1-3H3,(H,24,29). The zero-order valence-electron chi connectivity index (χ0n) is 18.0. The Morgan fingerprint density at radius 1 is 1.17 bits per heavy atom. The second kappa shape index (κ2) is 9.93. The number of carbonyl (C=O) groups excluding carboxylic acids is 3. The fourth-order valence-corrected chi connectivity index (χ4v) is 4.31. The number of methoxy groups -OCH3 is 1. The predicted molar refractivity (Wildman–Crippen MR) is 113 cm³/mol. The van der Waals surface area contributed by atoms with E-state index in [9.17, 15) is 14.4 Å². The van der Waals surface area contributed by atoms with E-state index in [1.54, 1.807) is 9.80 Å². The van der Waals surface area contributed by atoms with E-state index >= 15 is 0 Å². The fourth-order valence-electron chi connectivity index (χ4n) is 4.31. The molecule has 1 aromatic carbocycles. The molecule has 8 nitrogen and oxygen atoms in total. The van der Waals surface area contributed by atoms with Crippen LogP contribution in [0.15, 0.2) is 24.3 Å². The van der Waals surface area contributed by atoms with Gasteiger partial charge in [-0.1, -0.05) is 36.8 Å². The molecule has 2 heterocycles. The Labute approximate surface area is 177 Å². The van der Waals surface area contributed by atoms with Crippen molar-refractivity contribution in [2.45, 2.75) is 38.8 Å². The van der Waals surface area contributed by atoms with Crippen LogP contribution in [0.3, 0.4) is 0 Å². The smallest absolute Gasteiger partial charge is 0.318 e. The van der Waals surface area contributed by atoms with Gasteiger partial charge in [0.2, 0.25) is 5.91 Å². The van der Waals surface area contributed by atoms with Crippen molar-refractivity contribution in [3.63, 3.8) is 0 Å². The summed E-state index contributed by atoms with van der Waals surface area (Å²) in [6.07, 6.45) is 1.04. The number of rotatable bonds is 5. The molecule has 3 rings (SSSR count). The van der Waals surface area contributed by atoms with Gasteiger partial charge in [-0.15, -0.1) is 0 Å². The van der Waals surface area contributed by atoms with Gasteiger partial charge in [0.25, 0.3) is 0 Å². The number of nitrogens with zero attached hydrogens (tertiary/aromatic N) is 2. The van der Waals surface area contributed by atoms with Crippen molar-refractivity contribution in [1.29, 1.82) is 0 Å². The van der Waals surface area contributed by atoms with E-state index in [4.69, 9.17) is 4.74 Å². The lowest BCUT2D eigenvalue weighted by Crippen LogP contribution is -2.55. The number of urea groups is 1. The highest BCUT2D eigenvalue weighted by Gasteiger charge is 2.51. The van der Waals surface area contributed by atoms with Crippen LogP contribution < -0.4 is 10.6 Å². The minimum absolute atomic E-state index is 0.105. The molecule has 0 spiro atoms. The number of likely N-dealkylation sites (tertiary alicyclic amines) is 1. The molecule has 2 fully saturated rings. The molecule has 2 aliphatic heterocycles. The Morgan fingerprint density at radius 3 is 2.43 bits per heavy atom. The van der Waals surface area contributed by atoms with Crippen LogP contribution >= 0.6 is 0 Å². The SMILES string of the molecule is CCCNC(=O)N1C(C(=O)N2CCNCC2)CC(C(=O)OC)C1c1ccc(C)cc1. The number of esters is 1. The summed E-state index contributed by atoms with van der Waals surface area (Å²) in [5.74, 6) is -1.10. The molecular weight excluding hydrogens is 384 g/mol. The molecule has 0 aromatic heterocycles. The molecule has 3 atom stereocenters. The molecule has 3 amide bonds. The van der Waals surface area contributed by atoms with Gasteiger partial charge < -0.3 is 25.2 Å². The number of aryl methyl sites for hydroxylation is 1. The summed E-state index contributed by atoms with van der Waals surface area (Å²) >= 11 is 0. The van der Waals surface area contributed by atoms with Crippen LogP contribution in [0.1, 0.15) is 36.9 Å². The maximum atomic E-state index is 13.4. The molecule has 1 aromatic rings. The van der Waals surface area contributed by atoms with Gasteiger partial charge in [-0.3, -0.25) is 9.59 Å². The van der Waals surface area contributed by atoms with Crippen molar-refractivity contribution < 1.29 is 19.1 Å². The number of ether oxygens (including phenoxy) is 1. The number of benzene rings is 1. The third-order valence-electron chi connectivity index (χ3n) is 5.89. The average Bonchev–Trinajstić information content (AvgIpc) is 3.18. The third kappa shape index (κ3) is 4.59.